The van der Waals surface area contributed by atoms with E-state index in [-0.39, 0.29) is 5.91 Å². The third kappa shape index (κ3) is 8.71. The molecule has 0 aliphatic heterocycles. The first kappa shape index (κ1) is 23.9. The Morgan fingerprint density at radius 1 is 1.11 bits per heavy atom. The number of carbonyl (C=O) groups excluding carboxylic acids is 1. The van der Waals surface area contributed by atoms with Crippen LogP contribution in [-0.4, -0.2) is 82.2 Å². The van der Waals surface area contributed by atoms with Gasteiger partial charge in [-0.3, -0.25) is 9.79 Å². The molecule has 28 heavy (non-hydrogen) atoms. The van der Waals surface area contributed by atoms with Crippen LogP contribution in [0.3, 0.4) is 0 Å². The van der Waals surface area contributed by atoms with Gasteiger partial charge in [0, 0.05) is 65.6 Å². The van der Waals surface area contributed by atoms with Crippen molar-refractivity contribution in [1.29, 1.82) is 0 Å². The number of nitrogens with zero attached hydrogens (tertiary/aromatic N) is 3. The predicted molar refractivity (Wildman–Crippen MR) is 116 cm³/mol. The van der Waals surface area contributed by atoms with E-state index in [1.54, 1.807) is 14.2 Å². The highest BCUT2D eigenvalue weighted by atomic mass is 16.5. The smallest absolute Gasteiger partial charge is 0.253 e. The number of benzene rings is 1. The normalized spacial score (nSPS) is 11.6. The molecule has 0 saturated heterocycles. The molecule has 158 valence electrons. The standard InChI is InChI=1S/C21H37N5O2/c1-6-26(7-2)20(27)19-11-9-18(10-12-19)17-24-21(22-3)23-13-15-25(4)14-8-16-28-5/h9-12H,6-8,13-17H2,1-5H3,(H2,22,23,24). The molecular weight excluding hydrogens is 354 g/mol. The van der Waals surface area contributed by atoms with Gasteiger partial charge in [-0.2, -0.15) is 0 Å². The summed E-state index contributed by atoms with van der Waals surface area (Å²) in [6.07, 6.45) is 1.03. The molecule has 0 saturated carbocycles. The lowest BCUT2D eigenvalue weighted by Gasteiger charge is -2.19. The number of methoxy groups -OCH3 is 1. The van der Waals surface area contributed by atoms with Gasteiger partial charge in [-0.05, 0) is 45.0 Å². The minimum absolute atomic E-state index is 0.0802. The van der Waals surface area contributed by atoms with Crippen molar-refractivity contribution in [3.8, 4) is 0 Å². The van der Waals surface area contributed by atoms with Crippen molar-refractivity contribution < 1.29 is 9.53 Å². The van der Waals surface area contributed by atoms with Crippen molar-refractivity contribution in [2.24, 2.45) is 4.99 Å². The topological polar surface area (TPSA) is 69.2 Å². The van der Waals surface area contributed by atoms with Crippen LogP contribution in [0.15, 0.2) is 29.3 Å². The van der Waals surface area contributed by atoms with E-state index in [0.717, 1.165) is 62.8 Å². The lowest BCUT2D eigenvalue weighted by molar-refractivity contribution is 0.0773. The van der Waals surface area contributed by atoms with E-state index in [1.807, 2.05) is 43.0 Å². The quantitative estimate of drug-likeness (QED) is 0.323. The van der Waals surface area contributed by atoms with Crippen LogP contribution < -0.4 is 10.6 Å². The van der Waals surface area contributed by atoms with Crippen molar-refractivity contribution in [1.82, 2.24) is 20.4 Å². The van der Waals surface area contributed by atoms with Gasteiger partial charge in [0.2, 0.25) is 0 Å². The SMILES string of the molecule is CCN(CC)C(=O)c1ccc(CNC(=NC)NCCN(C)CCCOC)cc1. The fourth-order valence-corrected chi connectivity index (χ4v) is 2.82. The number of amides is 1. The molecule has 0 fully saturated rings. The van der Waals surface area contributed by atoms with Gasteiger partial charge in [-0.1, -0.05) is 12.1 Å². The Kier molecular flexibility index (Phi) is 11.9. The first-order valence-electron chi connectivity index (χ1n) is 10.1. The lowest BCUT2D eigenvalue weighted by Crippen LogP contribution is -2.40. The maximum atomic E-state index is 12.4. The van der Waals surface area contributed by atoms with E-state index in [4.69, 9.17) is 4.74 Å². The summed E-state index contributed by atoms with van der Waals surface area (Å²) in [4.78, 5) is 20.7. The number of hydrogen-bond donors (Lipinski definition) is 2. The number of ether oxygens (including phenoxy) is 1. The zero-order chi connectivity index (χ0) is 20.8. The Morgan fingerprint density at radius 3 is 2.36 bits per heavy atom. The molecule has 0 aliphatic rings. The van der Waals surface area contributed by atoms with E-state index in [9.17, 15) is 4.79 Å². The van der Waals surface area contributed by atoms with E-state index in [1.165, 1.54) is 0 Å². The zero-order valence-electron chi connectivity index (χ0n) is 18.1. The summed E-state index contributed by atoms with van der Waals surface area (Å²) in [6, 6.07) is 7.76. The van der Waals surface area contributed by atoms with Gasteiger partial charge in [-0.25, -0.2) is 0 Å². The van der Waals surface area contributed by atoms with Crippen LogP contribution in [0.2, 0.25) is 0 Å². The Morgan fingerprint density at radius 2 is 1.79 bits per heavy atom. The molecule has 0 unspecified atom stereocenters. The second kappa shape index (κ2) is 14.0. The highest BCUT2D eigenvalue weighted by molar-refractivity contribution is 5.94. The Labute approximate surface area is 170 Å². The fraction of sp³-hybridized carbons (Fsp3) is 0.619. The highest BCUT2D eigenvalue weighted by Gasteiger charge is 2.11. The number of carbonyl (C=O) groups is 1. The highest BCUT2D eigenvalue weighted by Crippen LogP contribution is 2.08. The van der Waals surface area contributed by atoms with Crippen molar-refractivity contribution >= 4 is 11.9 Å². The number of aliphatic imine (C=N–C) groups is 1. The van der Waals surface area contributed by atoms with Crippen LogP contribution in [0.1, 0.15) is 36.2 Å². The molecule has 1 amide bonds. The van der Waals surface area contributed by atoms with Crippen LogP contribution in [0.25, 0.3) is 0 Å². The first-order valence-corrected chi connectivity index (χ1v) is 10.1. The molecule has 0 atom stereocenters. The summed E-state index contributed by atoms with van der Waals surface area (Å²) in [6.45, 7) is 9.66. The summed E-state index contributed by atoms with van der Waals surface area (Å²) in [5, 5.41) is 6.64. The van der Waals surface area contributed by atoms with Gasteiger partial charge in [-0.15, -0.1) is 0 Å². The molecule has 2 N–H and O–H groups in total. The molecule has 1 aromatic rings. The molecule has 0 heterocycles. The van der Waals surface area contributed by atoms with Gasteiger partial charge >= 0.3 is 0 Å². The summed E-state index contributed by atoms with van der Waals surface area (Å²) >= 11 is 0. The lowest BCUT2D eigenvalue weighted by atomic mass is 10.1. The van der Waals surface area contributed by atoms with Gasteiger partial charge in [0.15, 0.2) is 5.96 Å². The summed E-state index contributed by atoms with van der Waals surface area (Å²) in [7, 11) is 5.60. The number of hydrogen-bond acceptors (Lipinski definition) is 4. The van der Waals surface area contributed by atoms with E-state index in [2.05, 4.69) is 27.6 Å². The number of likely N-dealkylation sites (N-methyl/N-ethyl adjacent to an activating group) is 1. The predicted octanol–water partition coefficient (Wildman–Crippen LogP) is 1.80. The summed E-state index contributed by atoms with van der Waals surface area (Å²) in [5.74, 6) is 0.852. The first-order chi connectivity index (χ1) is 13.5. The van der Waals surface area contributed by atoms with Crippen LogP contribution >= 0.6 is 0 Å². The van der Waals surface area contributed by atoms with Crippen molar-refractivity contribution in [2.75, 3.05) is 60.5 Å². The van der Waals surface area contributed by atoms with Crippen LogP contribution in [-0.2, 0) is 11.3 Å². The molecule has 1 aromatic carbocycles. The van der Waals surface area contributed by atoms with Crippen molar-refractivity contribution in [3.63, 3.8) is 0 Å². The number of nitrogens with one attached hydrogen (secondary N) is 2. The molecule has 0 aliphatic carbocycles. The Hall–Kier alpha value is -2.12. The van der Waals surface area contributed by atoms with Gasteiger partial charge in [0.25, 0.3) is 5.91 Å². The second-order valence-corrected chi connectivity index (χ2v) is 6.68. The molecule has 0 radical (unpaired) electrons. The molecule has 7 heteroatoms. The van der Waals surface area contributed by atoms with E-state index in [0.29, 0.717) is 6.54 Å². The van der Waals surface area contributed by atoms with Crippen molar-refractivity contribution in [2.45, 2.75) is 26.8 Å². The molecule has 1 rings (SSSR count). The summed E-state index contributed by atoms with van der Waals surface area (Å²) < 4.78 is 5.08. The van der Waals surface area contributed by atoms with Gasteiger partial charge in [0.05, 0.1) is 0 Å². The van der Waals surface area contributed by atoms with Crippen LogP contribution in [0.4, 0.5) is 0 Å². The molecular formula is C21H37N5O2. The average Bonchev–Trinajstić information content (AvgIpc) is 2.72. The maximum absolute atomic E-state index is 12.4. The van der Waals surface area contributed by atoms with Crippen molar-refractivity contribution in [3.05, 3.63) is 35.4 Å². The fourth-order valence-electron chi connectivity index (χ4n) is 2.82. The summed E-state index contributed by atoms with van der Waals surface area (Å²) in [5.41, 5.74) is 1.84. The third-order valence-corrected chi connectivity index (χ3v) is 4.61. The van der Waals surface area contributed by atoms with E-state index < -0.39 is 0 Å². The minimum Gasteiger partial charge on any atom is -0.385 e. The van der Waals surface area contributed by atoms with Gasteiger partial charge < -0.3 is 25.2 Å². The molecule has 0 bridgehead atoms. The Balaban J connectivity index is 2.40. The monoisotopic (exact) mass is 391 g/mol. The average molecular weight is 392 g/mol. The van der Waals surface area contributed by atoms with Gasteiger partial charge in [0.1, 0.15) is 0 Å². The largest absolute Gasteiger partial charge is 0.385 e. The maximum Gasteiger partial charge on any atom is 0.253 e. The molecule has 0 spiro atoms. The van der Waals surface area contributed by atoms with E-state index >= 15 is 0 Å². The van der Waals surface area contributed by atoms with Crippen LogP contribution in [0, 0.1) is 0 Å². The molecule has 0 aromatic heterocycles. The zero-order valence-corrected chi connectivity index (χ0v) is 18.1. The minimum atomic E-state index is 0.0802. The Bertz CT molecular complexity index is 585. The number of guanidine groups is 1. The second-order valence-electron chi connectivity index (χ2n) is 6.68. The number of rotatable bonds is 12. The molecule has 7 nitrogen and oxygen atoms in total. The third-order valence-electron chi connectivity index (χ3n) is 4.61. The van der Waals surface area contributed by atoms with Crippen LogP contribution in [0.5, 0.6) is 0 Å².